The van der Waals surface area contributed by atoms with Crippen molar-refractivity contribution in [1.29, 1.82) is 0 Å². The van der Waals surface area contributed by atoms with E-state index in [0.29, 0.717) is 18.4 Å². The predicted molar refractivity (Wildman–Crippen MR) is 190 cm³/mol. The second-order valence-corrected chi connectivity index (χ2v) is 14.8. The summed E-state index contributed by atoms with van der Waals surface area (Å²) in [4.78, 5) is 60.5. The molecule has 1 aromatic rings. The zero-order chi connectivity index (χ0) is 39.4. The van der Waals surface area contributed by atoms with Crippen LogP contribution >= 0.6 is 0 Å². The third-order valence-corrected chi connectivity index (χ3v) is 9.80. The van der Waals surface area contributed by atoms with Crippen LogP contribution < -0.4 is 15.8 Å². The molecule has 2 aliphatic heterocycles. The van der Waals surface area contributed by atoms with Crippen LogP contribution in [0.3, 0.4) is 0 Å². The first-order valence-electron chi connectivity index (χ1n) is 16.8. The number of nitrogens with zero attached hydrogens (tertiary/aromatic N) is 4. The van der Waals surface area contributed by atoms with Gasteiger partial charge in [-0.1, -0.05) is 36.6 Å². The van der Waals surface area contributed by atoms with Crippen molar-refractivity contribution in [3.63, 3.8) is 0 Å². The van der Waals surface area contributed by atoms with Gasteiger partial charge in [0, 0.05) is 12.8 Å². The molecule has 1 aliphatic carbocycles. The average molecular weight is 762 g/mol. The van der Waals surface area contributed by atoms with E-state index < -0.39 is 63.7 Å². The largest absolute Gasteiger partial charge is 0.515 e. The van der Waals surface area contributed by atoms with Gasteiger partial charge in [0.25, 0.3) is 11.8 Å². The average Bonchev–Trinajstić information content (AvgIpc) is 3.48. The quantitative estimate of drug-likeness (QED) is 0.0198. The Bertz CT molecular complexity index is 1920. The van der Waals surface area contributed by atoms with Gasteiger partial charge in [-0.15, -0.1) is 0 Å². The van der Waals surface area contributed by atoms with E-state index in [2.05, 4.69) is 22.2 Å². The van der Waals surface area contributed by atoms with Crippen molar-refractivity contribution in [3.8, 4) is 11.5 Å². The molecule has 53 heavy (non-hydrogen) atoms. The fraction of sp³-hybridized carbons (Fsp3) is 0.500. The highest BCUT2D eigenvalue weighted by molar-refractivity contribution is 7.84. The molecule has 1 unspecified atom stereocenters. The maximum Gasteiger partial charge on any atom is 0.515 e. The van der Waals surface area contributed by atoms with E-state index in [1.165, 1.54) is 6.08 Å². The number of ether oxygens (including phenoxy) is 2. The van der Waals surface area contributed by atoms with E-state index in [9.17, 15) is 42.4 Å². The number of carboxylic acid groups (broad SMARTS) is 1. The summed E-state index contributed by atoms with van der Waals surface area (Å²) in [6.07, 6.45) is 4.33. The van der Waals surface area contributed by atoms with E-state index in [1.807, 2.05) is 19.9 Å². The maximum absolute atomic E-state index is 13.4. The lowest BCUT2D eigenvalue weighted by Gasteiger charge is -2.42. The molecule has 19 heteroatoms. The number of aryl methyl sites for hydroxylation is 1. The molecular weight excluding hydrogens is 716 g/mol. The third-order valence-electron chi connectivity index (χ3n) is 8.91. The summed E-state index contributed by atoms with van der Waals surface area (Å²) in [5.41, 5.74) is 4.94. The first kappa shape index (κ1) is 40.5. The van der Waals surface area contributed by atoms with Gasteiger partial charge in [-0.2, -0.15) is 12.7 Å². The number of aromatic hydroxyl groups is 1. The summed E-state index contributed by atoms with van der Waals surface area (Å²) in [7, 11) is -3.56. The van der Waals surface area contributed by atoms with Crippen LogP contribution in [0.15, 0.2) is 45.7 Å². The molecule has 0 spiro atoms. The molecule has 288 valence electrons. The van der Waals surface area contributed by atoms with E-state index >= 15 is 0 Å². The predicted octanol–water partition coefficient (Wildman–Crippen LogP) is 2.51. The van der Waals surface area contributed by atoms with Crippen LogP contribution in [0, 0.1) is 0 Å². The number of hydrogen-bond acceptors (Lipinski definition) is 13. The molecule has 0 bridgehead atoms. The minimum absolute atomic E-state index is 0.0751. The third kappa shape index (κ3) is 9.39. The number of allylic oxidation sites excluding steroid dienone is 1. The molecule has 0 saturated carbocycles. The Morgan fingerprint density at radius 2 is 1.94 bits per heavy atom. The maximum atomic E-state index is 13.4. The number of carbonyl (C=O) groups is 4. The van der Waals surface area contributed by atoms with Gasteiger partial charge in [0.1, 0.15) is 31.1 Å². The van der Waals surface area contributed by atoms with Gasteiger partial charge in [-0.25, -0.2) is 19.2 Å². The Morgan fingerprint density at radius 3 is 2.53 bits per heavy atom. The molecule has 18 nitrogen and oxygen atoms in total. The minimum Gasteiger partial charge on any atom is -0.507 e. The van der Waals surface area contributed by atoms with Crippen molar-refractivity contribution in [3.05, 3.63) is 46.7 Å². The van der Waals surface area contributed by atoms with Gasteiger partial charge in [0.2, 0.25) is 11.8 Å². The molecule has 0 radical (unpaired) electrons. The molecule has 4 atom stereocenters. The number of carbonyl (C=O) groups excluding carboxylic acids is 3. The number of carboxylic acids is 1. The Kier molecular flexibility index (Phi) is 12.3. The second kappa shape index (κ2) is 16.2. The molecule has 2 amide bonds. The van der Waals surface area contributed by atoms with Crippen LogP contribution in [-0.4, -0.2) is 105 Å². The topological polar surface area (TPSA) is 260 Å². The first-order valence-corrected chi connectivity index (χ1v) is 18.2. The summed E-state index contributed by atoms with van der Waals surface area (Å²) in [5.74, 6) is -4.71. The lowest BCUT2D eigenvalue weighted by Crippen LogP contribution is -2.73. The van der Waals surface area contributed by atoms with Crippen LogP contribution in [0.4, 0.5) is 4.79 Å². The van der Waals surface area contributed by atoms with Crippen molar-refractivity contribution in [2.24, 2.45) is 15.9 Å². The van der Waals surface area contributed by atoms with Crippen molar-refractivity contribution in [2.45, 2.75) is 102 Å². The normalized spacial score (nSPS) is 21.8. The van der Waals surface area contributed by atoms with Gasteiger partial charge in [0.05, 0.1) is 17.2 Å². The Hall–Kier alpha value is -5.30. The fourth-order valence-corrected chi connectivity index (χ4v) is 6.76. The number of oxime groups is 1. The zero-order valence-corrected chi connectivity index (χ0v) is 30.9. The Labute approximate surface area is 306 Å². The monoisotopic (exact) mass is 761 g/mol. The number of nitrogens with two attached hydrogens (primary N) is 1. The number of hydrogen-bond donors (Lipinski definition) is 5. The van der Waals surface area contributed by atoms with E-state index in [-0.39, 0.29) is 45.4 Å². The molecule has 0 aromatic heterocycles. The summed E-state index contributed by atoms with van der Waals surface area (Å²) >= 11 is 0. The highest BCUT2D eigenvalue weighted by Crippen LogP contribution is 2.43. The van der Waals surface area contributed by atoms with Crippen LogP contribution in [0.2, 0.25) is 0 Å². The van der Waals surface area contributed by atoms with E-state index in [4.69, 9.17) is 20.0 Å². The molecule has 1 fully saturated rings. The van der Waals surface area contributed by atoms with Gasteiger partial charge in [0.15, 0.2) is 17.8 Å². The van der Waals surface area contributed by atoms with Crippen molar-refractivity contribution in [2.75, 3.05) is 7.05 Å². The van der Waals surface area contributed by atoms with E-state index in [1.54, 1.807) is 23.8 Å². The van der Waals surface area contributed by atoms with Crippen LogP contribution in [0.1, 0.15) is 83.3 Å². The molecule has 2 heterocycles. The smallest absolute Gasteiger partial charge is 0.507 e. The standard InChI is InChI=1S/C34H44N6O12S/c1-7-8-9-10-19-16-23(41)26(20-15-18(2)11-13-22(20)39(5)6)24(17-19)50-33(46)51-31-28(30(43)40(31)53(47,48)49)37-29(42)27(21-12-14-25(35)36-21)38-52-34(3,4)32(44)45/h12,15-17,20,22,28,31H,5,7-11,13-14H2,1-4,6H3,(H5-,35,36,37,41,42,44,45,47,48,49)/p+1/b38-27-/t20-,22-,28-,31?/m1/s1. The number of aliphatic imine (C=N–C) groups is 1. The van der Waals surface area contributed by atoms with Crippen molar-refractivity contribution < 1.29 is 61.2 Å². The molecule has 4 rings (SSSR count). The number of amides is 2. The summed E-state index contributed by atoms with van der Waals surface area (Å²) < 4.78 is 46.6. The van der Waals surface area contributed by atoms with Crippen LogP contribution in [-0.2, 0) is 40.7 Å². The van der Waals surface area contributed by atoms with Gasteiger partial charge >= 0.3 is 22.4 Å². The SMILES string of the molecule is C=[N+](C)[C@@H]1CCC(C)=C[C@H]1c1c(O)cc(CCCCC)cc1OC(=O)OC1[C@H](NC(=O)/C(=N\OC(C)(C)C(=O)O)C2=CCC(N)=N2)C(=O)N1S(=O)(=O)O. The number of likely N-dealkylation sites (N-methyl/N-ethyl adjacent to an activating group) is 1. The number of aliphatic carboxylic acids is 1. The molecule has 6 N–H and O–H groups in total. The Balaban J connectivity index is 1.66. The number of rotatable bonds is 15. The number of nitrogens with one attached hydrogen (secondary N) is 1. The number of amidine groups is 1. The summed E-state index contributed by atoms with van der Waals surface area (Å²) in [5, 5.41) is 26.5. The Morgan fingerprint density at radius 1 is 1.25 bits per heavy atom. The number of unbranched alkanes of at least 4 members (excludes halogenated alkanes) is 2. The van der Waals surface area contributed by atoms with Crippen molar-refractivity contribution in [1.82, 2.24) is 9.62 Å². The lowest BCUT2D eigenvalue weighted by molar-refractivity contribution is -0.534. The number of β-lactam (4-membered cyclic amide) rings is 1. The molecule has 3 aliphatic rings. The van der Waals surface area contributed by atoms with Crippen LogP contribution in [0.5, 0.6) is 11.5 Å². The van der Waals surface area contributed by atoms with Gasteiger partial charge < -0.3 is 35.6 Å². The molecular formula is C34H45N6O12S+. The van der Waals surface area contributed by atoms with Crippen molar-refractivity contribution >= 4 is 52.5 Å². The molecule has 1 aromatic carbocycles. The highest BCUT2D eigenvalue weighted by Gasteiger charge is 2.57. The lowest BCUT2D eigenvalue weighted by atomic mass is 9.80. The number of benzene rings is 1. The minimum atomic E-state index is -5.34. The fourth-order valence-electron chi connectivity index (χ4n) is 5.99. The van der Waals surface area contributed by atoms with Crippen LogP contribution in [0.25, 0.3) is 0 Å². The zero-order valence-electron chi connectivity index (χ0n) is 30.1. The number of phenols is 1. The first-order chi connectivity index (χ1) is 24.7. The highest BCUT2D eigenvalue weighted by atomic mass is 32.2. The van der Waals surface area contributed by atoms with Gasteiger partial charge in [-0.05, 0) is 63.8 Å². The van der Waals surface area contributed by atoms with E-state index in [0.717, 1.165) is 45.1 Å². The second-order valence-electron chi connectivity index (χ2n) is 13.6. The summed E-state index contributed by atoms with van der Waals surface area (Å²) in [6.45, 7) is 10.3. The number of phenolic OH excluding ortho intramolecular Hbond substituents is 1. The molecule has 1 saturated heterocycles. The summed E-state index contributed by atoms with van der Waals surface area (Å²) in [6, 6.07) is 1.04. The van der Waals surface area contributed by atoms with Gasteiger partial charge in [-0.3, -0.25) is 14.1 Å².